The van der Waals surface area contributed by atoms with E-state index >= 15 is 0 Å². The molecule has 0 aliphatic carbocycles. The number of aliphatic hydroxyl groups is 6. The van der Waals surface area contributed by atoms with Crippen molar-refractivity contribution in [1.82, 2.24) is 0 Å². The zero-order valence-electron chi connectivity index (χ0n) is 37.7. The molecule has 23 heteroatoms. The van der Waals surface area contributed by atoms with E-state index in [-0.39, 0.29) is 47.5 Å². The fraction of sp³-hybridized carbons (Fsp3) is 0.478. The highest BCUT2D eigenvalue weighted by Gasteiger charge is 2.57. The lowest BCUT2D eigenvalue weighted by Crippen LogP contribution is -2.65. The van der Waals surface area contributed by atoms with Gasteiger partial charge < -0.3 is 103 Å². The van der Waals surface area contributed by atoms with E-state index in [9.17, 15) is 60.7 Å². The van der Waals surface area contributed by atoms with Gasteiger partial charge in [-0.25, -0.2) is 9.59 Å². The monoisotopic (exact) mass is 976 g/mol. The number of carbonyl (C=O) groups excluding carboxylic acids is 2. The Morgan fingerprint density at radius 1 is 0.696 bits per heavy atom. The molecule has 23 nitrogen and oxygen atoms in total. The third-order valence-electron chi connectivity index (χ3n) is 11.5. The summed E-state index contributed by atoms with van der Waals surface area (Å²) in [6, 6.07) is 11.2. The molecule has 378 valence electrons. The average molecular weight is 977 g/mol. The maximum Gasteiger partial charge on any atom is 0.331 e. The van der Waals surface area contributed by atoms with Gasteiger partial charge in [0.15, 0.2) is 59.0 Å². The van der Waals surface area contributed by atoms with Crippen LogP contribution in [0.25, 0.3) is 12.2 Å². The number of esters is 2. The zero-order valence-corrected chi connectivity index (χ0v) is 37.7. The summed E-state index contributed by atoms with van der Waals surface area (Å²) >= 11 is 0. The minimum Gasteiger partial charge on any atom is -0.504 e. The topological polar surface area (TPSA) is 338 Å². The number of methoxy groups -OCH3 is 3. The summed E-state index contributed by atoms with van der Waals surface area (Å²) in [5.74, 6) is -2.80. The van der Waals surface area contributed by atoms with E-state index in [1.165, 1.54) is 88.9 Å². The normalized spacial score (nSPS) is 30.3. The van der Waals surface area contributed by atoms with Gasteiger partial charge in [0.05, 0.1) is 47.3 Å². The molecule has 6 rings (SSSR count). The molecule has 69 heavy (non-hydrogen) atoms. The quantitative estimate of drug-likeness (QED) is 0.0420. The maximum absolute atomic E-state index is 13.0. The van der Waals surface area contributed by atoms with Crippen LogP contribution in [-0.4, -0.2) is 190 Å². The first-order valence-corrected chi connectivity index (χ1v) is 21.4. The lowest BCUT2D eigenvalue weighted by molar-refractivity contribution is -0.378. The van der Waals surface area contributed by atoms with Crippen LogP contribution in [0.15, 0.2) is 60.7 Å². The zero-order chi connectivity index (χ0) is 50.2. The highest BCUT2D eigenvalue weighted by atomic mass is 16.8. The van der Waals surface area contributed by atoms with Crippen LogP contribution in [-0.2, 0) is 53.9 Å². The van der Waals surface area contributed by atoms with Gasteiger partial charge in [-0.05, 0) is 78.6 Å². The second kappa shape index (κ2) is 23.2. The molecule has 3 aliphatic heterocycles. The molecule has 3 fully saturated rings. The molecular formula is C46H56O23. The van der Waals surface area contributed by atoms with E-state index in [0.29, 0.717) is 16.7 Å². The molecule has 0 bridgehead atoms. The molecule has 3 aliphatic rings. The number of aliphatic hydroxyl groups excluding tert-OH is 6. The van der Waals surface area contributed by atoms with Gasteiger partial charge in [-0.3, -0.25) is 0 Å². The van der Waals surface area contributed by atoms with Gasteiger partial charge in [-0.1, -0.05) is 12.1 Å². The van der Waals surface area contributed by atoms with Crippen molar-refractivity contribution in [3.63, 3.8) is 0 Å². The van der Waals surface area contributed by atoms with Gasteiger partial charge in [-0.15, -0.1) is 0 Å². The Morgan fingerprint density at radius 2 is 1.30 bits per heavy atom. The van der Waals surface area contributed by atoms with Crippen molar-refractivity contribution in [2.24, 2.45) is 0 Å². The van der Waals surface area contributed by atoms with Crippen molar-refractivity contribution in [3.8, 4) is 40.2 Å². The number of hydrogen-bond donors (Lipinski definition) is 10. The molecule has 0 amide bonds. The number of phenolic OH excluding ortho intramolecular Hbond substituents is 4. The van der Waals surface area contributed by atoms with E-state index in [2.05, 4.69) is 0 Å². The smallest absolute Gasteiger partial charge is 0.331 e. The number of carbonyl (C=O) groups is 2. The van der Waals surface area contributed by atoms with E-state index in [1.54, 1.807) is 0 Å². The van der Waals surface area contributed by atoms with Crippen LogP contribution in [0.2, 0.25) is 0 Å². The number of hydrogen-bond acceptors (Lipinski definition) is 23. The second-order valence-electron chi connectivity index (χ2n) is 16.1. The lowest BCUT2D eigenvalue weighted by Gasteiger charge is -2.47. The Kier molecular flexibility index (Phi) is 17.7. The van der Waals surface area contributed by atoms with Crippen LogP contribution >= 0.6 is 0 Å². The number of phenols is 4. The van der Waals surface area contributed by atoms with Crippen molar-refractivity contribution in [3.05, 3.63) is 77.4 Å². The standard InChI is InChI=1S/C46H56O23/c1-22-35(53)38(56)41(68-45-42(58)46(20-47,21-64-45)69-34(52)12-7-23-6-10-27(49)29(16-23)59-2)44(65-22)67-40-39(57)37(55)32(66-43(40)62-14-13-24-5-9-26(48)28(50)15-24)19-63-33(51)11-8-25-17-30(60-3)36(54)31(18-25)61-4/h5-12,15-18,22,32,35,37-45,47-50,53-58H,13-14,19-21H2,1-4H3. The molecule has 3 saturated heterocycles. The van der Waals surface area contributed by atoms with E-state index < -0.39 is 117 Å². The largest absolute Gasteiger partial charge is 0.504 e. The van der Waals surface area contributed by atoms with E-state index in [0.717, 1.165) is 12.2 Å². The van der Waals surface area contributed by atoms with Crippen LogP contribution in [0.4, 0.5) is 0 Å². The minimum absolute atomic E-state index is 0.0720. The summed E-state index contributed by atoms with van der Waals surface area (Å²) in [6.07, 6.45) is -15.6. The Balaban J connectivity index is 1.17. The highest BCUT2D eigenvalue weighted by Crippen LogP contribution is 2.38. The van der Waals surface area contributed by atoms with Crippen LogP contribution in [0.3, 0.4) is 0 Å². The Morgan fingerprint density at radius 3 is 1.97 bits per heavy atom. The molecule has 0 saturated carbocycles. The average Bonchev–Trinajstić information content (AvgIpc) is 3.64. The number of aromatic hydroxyl groups is 4. The van der Waals surface area contributed by atoms with Crippen LogP contribution in [0, 0.1) is 0 Å². The molecule has 3 aromatic rings. The van der Waals surface area contributed by atoms with Crippen LogP contribution < -0.4 is 14.2 Å². The fourth-order valence-electron chi connectivity index (χ4n) is 7.51. The van der Waals surface area contributed by atoms with Crippen LogP contribution in [0.1, 0.15) is 23.6 Å². The van der Waals surface area contributed by atoms with Crippen molar-refractivity contribution < 1.29 is 113 Å². The molecule has 3 aromatic carbocycles. The van der Waals surface area contributed by atoms with Crippen molar-refractivity contribution >= 4 is 24.1 Å². The van der Waals surface area contributed by atoms with Crippen molar-refractivity contribution in [2.75, 3.05) is 47.8 Å². The Labute approximate surface area is 394 Å². The predicted octanol–water partition coefficient (Wildman–Crippen LogP) is -0.261. The third kappa shape index (κ3) is 12.3. The van der Waals surface area contributed by atoms with Gasteiger partial charge in [0.25, 0.3) is 0 Å². The predicted molar refractivity (Wildman–Crippen MR) is 233 cm³/mol. The SMILES string of the molecule is COc1cc(C=CC(=O)OC2(CO)COC(OC3C(OC4C(OCCc5ccc(O)c(O)c5)OC(COC(=O)C=Cc5cc(OC)c(O)c(OC)c5)C(O)C4O)OC(C)C(O)C3O)C2O)ccc1O. The van der Waals surface area contributed by atoms with Gasteiger partial charge in [0.1, 0.15) is 55.4 Å². The first kappa shape index (κ1) is 52.6. The van der Waals surface area contributed by atoms with Gasteiger partial charge in [0.2, 0.25) is 5.75 Å². The first-order chi connectivity index (χ1) is 32.9. The van der Waals surface area contributed by atoms with Gasteiger partial charge in [0, 0.05) is 12.2 Å². The lowest BCUT2D eigenvalue weighted by atomic mass is 9.97. The second-order valence-corrected chi connectivity index (χ2v) is 16.1. The van der Waals surface area contributed by atoms with Crippen molar-refractivity contribution in [1.29, 1.82) is 0 Å². The van der Waals surface area contributed by atoms with E-state index in [4.69, 9.17) is 52.1 Å². The van der Waals surface area contributed by atoms with Gasteiger partial charge >= 0.3 is 11.9 Å². The fourth-order valence-corrected chi connectivity index (χ4v) is 7.51. The highest BCUT2D eigenvalue weighted by molar-refractivity contribution is 5.88. The first-order valence-electron chi connectivity index (χ1n) is 21.4. The Bertz CT molecular complexity index is 2260. The molecule has 0 aromatic heterocycles. The summed E-state index contributed by atoms with van der Waals surface area (Å²) < 4.78 is 61.7. The molecular weight excluding hydrogens is 920 g/mol. The molecule has 3 heterocycles. The van der Waals surface area contributed by atoms with Crippen molar-refractivity contribution in [2.45, 2.75) is 92.8 Å². The third-order valence-corrected chi connectivity index (χ3v) is 11.5. The summed E-state index contributed by atoms with van der Waals surface area (Å²) in [7, 11) is 4.00. The Hall–Kier alpha value is -5.80. The summed E-state index contributed by atoms with van der Waals surface area (Å²) in [4.78, 5) is 25.8. The number of benzene rings is 3. The summed E-state index contributed by atoms with van der Waals surface area (Å²) in [5.41, 5.74) is -0.782. The number of rotatable bonds is 19. The molecule has 13 atom stereocenters. The van der Waals surface area contributed by atoms with Crippen LogP contribution in [0.5, 0.6) is 40.2 Å². The molecule has 0 radical (unpaired) electrons. The summed E-state index contributed by atoms with van der Waals surface area (Å²) in [6.45, 7) is -1.03. The van der Waals surface area contributed by atoms with Gasteiger partial charge in [-0.2, -0.15) is 0 Å². The van der Waals surface area contributed by atoms with E-state index in [1.807, 2.05) is 0 Å². The molecule has 13 unspecified atom stereocenters. The molecule has 10 N–H and O–H groups in total. The number of ether oxygens (including phenoxy) is 11. The molecule has 0 spiro atoms. The maximum atomic E-state index is 13.0. The minimum atomic E-state index is -2.10. The summed E-state index contributed by atoms with van der Waals surface area (Å²) in [5, 5.41) is 107.